The average Bonchev–Trinajstić information content (AvgIpc) is 2.60. The lowest BCUT2D eigenvalue weighted by atomic mass is 10.0. The number of hydrogen-bond acceptors (Lipinski definition) is 4. The van der Waals surface area contributed by atoms with Crippen LogP contribution in [0.4, 0.5) is 5.69 Å². The lowest BCUT2D eigenvalue weighted by Gasteiger charge is -2.21. The minimum absolute atomic E-state index is 0.00532. The zero-order valence-electron chi connectivity index (χ0n) is 14.5. The van der Waals surface area contributed by atoms with Crippen LogP contribution in [-0.4, -0.2) is 42.1 Å². The Hall–Kier alpha value is -2.89. The number of benzene rings is 1. The number of carboxylic acids is 1. The molecule has 25 heavy (non-hydrogen) atoms. The van der Waals surface area contributed by atoms with E-state index < -0.39 is 5.97 Å². The Balaban J connectivity index is 2.15. The maximum Gasteiger partial charge on any atom is 0.303 e. The molecule has 1 atom stereocenters. The zero-order chi connectivity index (χ0) is 18.2. The summed E-state index contributed by atoms with van der Waals surface area (Å²) in [5.41, 5.74) is 2.29. The fourth-order valence-corrected chi connectivity index (χ4v) is 2.64. The van der Waals surface area contributed by atoms with Gasteiger partial charge in [0.2, 0.25) is 0 Å². The molecular formula is C19H23N3O3. The highest BCUT2D eigenvalue weighted by Gasteiger charge is 2.19. The van der Waals surface area contributed by atoms with Crippen molar-refractivity contribution >= 4 is 17.6 Å². The van der Waals surface area contributed by atoms with Crippen molar-refractivity contribution in [1.29, 1.82) is 0 Å². The summed E-state index contributed by atoms with van der Waals surface area (Å²) < 4.78 is 0. The zero-order valence-corrected chi connectivity index (χ0v) is 14.5. The normalized spacial score (nSPS) is 11.6. The Kier molecular flexibility index (Phi) is 6.51. The molecule has 1 amide bonds. The standard InChI is InChI=1S/C19H23N3O3/c1-22(2)17-10-11-20-13-16(17)19(25)21-15(8-9-18(23)24)12-14-6-4-3-5-7-14/h3-7,10-11,13,15H,8-9,12H2,1-2H3,(H,21,25)(H,23,24). The topological polar surface area (TPSA) is 82.5 Å². The van der Waals surface area contributed by atoms with Gasteiger partial charge in [0.1, 0.15) is 0 Å². The summed E-state index contributed by atoms with van der Waals surface area (Å²) in [4.78, 5) is 29.5. The number of nitrogens with one attached hydrogen (secondary N) is 1. The molecule has 2 aromatic rings. The van der Waals surface area contributed by atoms with E-state index in [-0.39, 0.29) is 18.4 Å². The van der Waals surface area contributed by atoms with Gasteiger partial charge in [0.05, 0.1) is 11.3 Å². The van der Waals surface area contributed by atoms with E-state index in [1.165, 1.54) is 6.20 Å². The van der Waals surface area contributed by atoms with Crippen molar-refractivity contribution in [2.75, 3.05) is 19.0 Å². The molecule has 0 aliphatic rings. The maximum absolute atomic E-state index is 12.7. The molecule has 0 spiro atoms. The second-order valence-electron chi connectivity index (χ2n) is 6.08. The van der Waals surface area contributed by atoms with Crippen LogP contribution >= 0.6 is 0 Å². The predicted octanol–water partition coefficient (Wildman–Crippen LogP) is 2.35. The van der Waals surface area contributed by atoms with Crippen molar-refractivity contribution in [3.05, 3.63) is 59.9 Å². The number of anilines is 1. The van der Waals surface area contributed by atoms with Gasteiger partial charge in [-0.1, -0.05) is 30.3 Å². The number of pyridine rings is 1. The Bertz CT molecular complexity index is 717. The van der Waals surface area contributed by atoms with E-state index in [1.54, 1.807) is 12.3 Å². The van der Waals surface area contributed by atoms with Crippen LogP contribution in [0, 0.1) is 0 Å². The Morgan fingerprint density at radius 2 is 1.92 bits per heavy atom. The first-order valence-corrected chi connectivity index (χ1v) is 8.15. The van der Waals surface area contributed by atoms with Crippen LogP contribution in [-0.2, 0) is 11.2 Å². The minimum atomic E-state index is -0.873. The summed E-state index contributed by atoms with van der Waals surface area (Å²) >= 11 is 0. The van der Waals surface area contributed by atoms with E-state index in [0.29, 0.717) is 18.4 Å². The second kappa shape index (κ2) is 8.82. The molecular weight excluding hydrogens is 318 g/mol. The lowest BCUT2D eigenvalue weighted by molar-refractivity contribution is -0.137. The highest BCUT2D eigenvalue weighted by Crippen LogP contribution is 2.17. The van der Waals surface area contributed by atoms with E-state index in [0.717, 1.165) is 11.3 Å². The van der Waals surface area contributed by atoms with Gasteiger partial charge < -0.3 is 15.3 Å². The number of amides is 1. The van der Waals surface area contributed by atoms with Gasteiger partial charge in [-0.15, -0.1) is 0 Å². The molecule has 6 heteroatoms. The molecule has 0 radical (unpaired) electrons. The van der Waals surface area contributed by atoms with Gasteiger partial charge in [-0.2, -0.15) is 0 Å². The number of carbonyl (C=O) groups excluding carboxylic acids is 1. The third-order valence-corrected chi connectivity index (χ3v) is 3.89. The van der Waals surface area contributed by atoms with Gasteiger partial charge in [0.25, 0.3) is 5.91 Å². The third kappa shape index (κ3) is 5.60. The molecule has 2 N–H and O–H groups in total. The van der Waals surface area contributed by atoms with Crippen molar-refractivity contribution < 1.29 is 14.7 Å². The molecule has 0 saturated carbocycles. The Morgan fingerprint density at radius 1 is 1.20 bits per heavy atom. The summed E-state index contributed by atoms with van der Waals surface area (Å²) in [6, 6.07) is 11.2. The average molecular weight is 341 g/mol. The molecule has 1 aromatic heterocycles. The maximum atomic E-state index is 12.7. The number of aliphatic carboxylic acids is 1. The van der Waals surface area contributed by atoms with Crippen LogP contribution in [0.1, 0.15) is 28.8 Å². The molecule has 132 valence electrons. The monoisotopic (exact) mass is 341 g/mol. The number of hydrogen-bond donors (Lipinski definition) is 2. The number of carbonyl (C=O) groups is 2. The summed E-state index contributed by atoms with van der Waals surface area (Å²) in [7, 11) is 3.72. The second-order valence-corrected chi connectivity index (χ2v) is 6.08. The predicted molar refractivity (Wildman–Crippen MR) is 96.8 cm³/mol. The first-order chi connectivity index (χ1) is 12.0. The van der Waals surface area contributed by atoms with E-state index in [9.17, 15) is 9.59 Å². The largest absolute Gasteiger partial charge is 0.481 e. The highest BCUT2D eigenvalue weighted by molar-refractivity contribution is 5.99. The molecule has 0 fully saturated rings. The molecule has 1 unspecified atom stereocenters. The SMILES string of the molecule is CN(C)c1ccncc1C(=O)NC(CCC(=O)O)Cc1ccccc1. The lowest BCUT2D eigenvalue weighted by Crippen LogP contribution is -2.37. The van der Waals surface area contributed by atoms with E-state index >= 15 is 0 Å². The van der Waals surface area contributed by atoms with E-state index in [1.807, 2.05) is 49.3 Å². The Labute approximate surface area is 147 Å². The summed E-state index contributed by atoms with van der Waals surface area (Å²) in [6.07, 6.45) is 4.12. The van der Waals surface area contributed by atoms with Gasteiger partial charge in [-0.05, 0) is 24.5 Å². The van der Waals surface area contributed by atoms with Crippen molar-refractivity contribution in [2.45, 2.75) is 25.3 Å². The minimum Gasteiger partial charge on any atom is -0.481 e. The summed E-state index contributed by atoms with van der Waals surface area (Å²) in [6.45, 7) is 0. The molecule has 0 aliphatic carbocycles. The van der Waals surface area contributed by atoms with Gasteiger partial charge in [0, 0.05) is 39.0 Å². The molecule has 0 aliphatic heterocycles. The van der Waals surface area contributed by atoms with Crippen molar-refractivity contribution in [3.63, 3.8) is 0 Å². The molecule has 1 heterocycles. The summed E-state index contributed by atoms with van der Waals surface area (Å²) in [5, 5.41) is 11.9. The fraction of sp³-hybridized carbons (Fsp3) is 0.316. The Morgan fingerprint density at radius 3 is 2.56 bits per heavy atom. The van der Waals surface area contributed by atoms with Crippen LogP contribution in [0.25, 0.3) is 0 Å². The van der Waals surface area contributed by atoms with Crippen LogP contribution in [0.5, 0.6) is 0 Å². The van der Waals surface area contributed by atoms with Gasteiger partial charge >= 0.3 is 5.97 Å². The van der Waals surface area contributed by atoms with Crippen LogP contribution in [0.3, 0.4) is 0 Å². The van der Waals surface area contributed by atoms with Crippen molar-refractivity contribution in [2.24, 2.45) is 0 Å². The summed E-state index contributed by atoms with van der Waals surface area (Å²) in [5.74, 6) is -1.12. The molecule has 1 aromatic carbocycles. The molecule has 2 rings (SSSR count). The number of carboxylic acid groups (broad SMARTS) is 1. The van der Waals surface area contributed by atoms with Crippen molar-refractivity contribution in [1.82, 2.24) is 10.3 Å². The first-order valence-electron chi connectivity index (χ1n) is 8.15. The van der Waals surface area contributed by atoms with E-state index in [2.05, 4.69) is 10.3 Å². The van der Waals surface area contributed by atoms with E-state index in [4.69, 9.17) is 5.11 Å². The number of nitrogens with zero attached hydrogens (tertiary/aromatic N) is 2. The van der Waals surface area contributed by atoms with Crippen LogP contribution in [0.15, 0.2) is 48.8 Å². The third-order valence-electron chi connectivity index (χ3n) is 3.89. The molecule has 0 saturated heterocycles. The van der Waals surface area contributed by atoms with Gasteiger partial charge in [-0.3, -0.25) is 14.6 Å². The van der Waals surface area contributed by atoms with Crippen LogP contribution < -0.4 is 10.2 Å². The van der Waals surface area contributed by atoms with Gasteiger partial charge in [-0.25, -0.2) is 0 Å². The number of aromatic nitrogens is 1. The number of rotatable bonds is 8. The smallest absolute Gasteiger partial charge is 0.303 e. The quantitative estimate of drug-likeness (QED) is 0.770. The molecule has 6 nitrogen and oxygen atoms in total. The first kappa shape index (κ1) is 18.4. The highest BCUT2D eigenvalue weighted by atomic mass is 16.4. The fourth-order valence-electron chi connectivity index (χ4n) is 2.64. The van der Waals surface area contributed by atoms with Gasteiger partial charge in [0.15, 0.2) is 0 Å². The molecule has 0 bridgehead atoms. The van der Waals surface area contributed by atoms with Crippen molar-refractivity contribution in [3.8, 4) is 0 Å². The van der Waals surface area contributed by atoms with Crippen LogP contribution in [0.2, 0.25) is 0 Å².